The van der Waals surface area contributed by atoms with Crippen LogP contribution in [0.25, 0.3) is 0 Å². The molecule has 2 heterocycles. The highest BCUT2D eigenvalue weighted by molar-refractivity contribution is 7.09. The molecule has 1 fully saturated rings. The van der Waals surface area contributed by atoms with E-state index in [1.807, 2.05) is 28.1 Å². The first-order chi connectivity index (χ1) is 14.4. The molecule has 30 heavy (non-hydrogen) atoms. The molecule has 170 valence electrons. The number of hydrogen-bond donors (Lipinski definition) is 1. The van der Waals surface area contributed by atoms with E-state index >= 15 is 0 Å². The number of carbonyl (C=O) groups excluding carboxylic acids is 1. The molecule has 9 heteroatoms. The molecule has 0 aromatic carbocycles. The van der Waals surface area contributed by atoms with Gasteiger partial charge in [0.25, 0.3) is 0 Å². The molecule has 2 atom stereocenters. The van der Waals surface area contributed by atoms with Crippen LogP contribution in [0.2, 0.25) is 0 Å². The van der Waals surface area contributed by atoms with Gasteiger partial charge in [0.05, 0.1) is 18.3 Å². The molecule has 0 saturated carbocycles. The van der Waals surface area contributed by atoms with Gasteiger partial charge in [0, 0.05) is 53.3 Å². The van der Waals surface area contributed by atoms with E-state index < -0.39 is 0 Å². The zero-order valence-corrected chi connectivity index (χ0v) is 20.2. The van der Waals surface area contributed by atoms with E-state index in [1.54, 1.807) is 23.3 Å². The average Bonchev–Trinajstić information content (AvgIpc) is 3.38. The van der Waals surface area contributed by atoms with Crippen molar-refractivity contribution in [1.29, 1.82) is 0 Å². The van der Waals surface area contributed by atoms with E-state index in [0.717, 1.165) is 62.1 Å². The molecule has 1 aromatic heterocycles. The standard InChI is InChI=1S/C21H38N6O2S/c1-7-22-21(26(5)14-17-15-30-19(24-17)16(2)29-6)23-11-9-13-27-12-8-10-18(27)20(28)25(3)4/h15-16,18H,7-14H2,1-6H3,(H,22,23). The number of guanidine groups is 1. The molecule has 2 rings (SSSR count). The van der Waals surface area contributed by atoms with Crippen LogP contribution >= 0.6 is 11.3 Å². The molecule has 1 saturated heterocycles. The van der Waals surface area contributed by atoms with E-state index in [-0.39, 0.29) is 18.1 Å². The van der Waals surface area contributed by atoms with Gasteiger partial charge in [0.15, 0.2) is 5.96 Å². The normalized spacial score (nSPS) is 18.5. The fraction of sp³-hybridized carbons (Fsp3) is 0.762. The number of thiazole rings is 1. The summed E-state index contributed by atoms with van der Waals surface area (Å²) in [4.78, 5) is 27.9. The van der Waals surface area contributed by atoms with Crippen LogP contribution in [-0.4, -0.2) is 92.0 Å². The van der Waals surface area contributed by atoms with E-state index in [2.05, 4.69) is 32.4 Å². The minimum Gasteiger partial charge on any atom is -0.375 e. The first kappa shape index (κ1) is 24.6. The third-order valence-corrected chi connectivity index (χ3v) is 6.38. The summed E-state index contributed by atoms with van der Waals surface area (Å²) < 4.78 is 5.35. The Morgan fingerprint density at radius 1 is 1.47 bits per heavy atom. The number of nitrogens with one attached hydrogen (secondary N) is 1. The first-order valence-corrected chi connectivity index (χ1v) is 11.7. The zero-order chi connectivity index (χ0) is 22.1. The lowest BCUT2D eigenvalue weighted by molar-refractivity contribution is -0.133. The number of hydrogen-bond acceptors (Lipinski definition) is 6. The number of nitrogens with zero attached hydrogens (tertiary/aromatic N) is 5. The van der Waals surface area contributed by atoms with Crippen LogP contribution in [0.4, 0.5) is 0 Å². The van der Waals surface area contributed by atoms with Crippen molar-refractivity contribution in [2.24, 2.45) is 4.99 Å². The number of amides is 1. The topological polar surface area (TPSA) is 73.3 Å². The molecule has 8 nitrogen and oxygen atoms in total. The maximum atomic E-state index is 12.3. The van der Waals surface area contributed by atoms with E-state index in [9.17, 15) is 4.79 Å². The van der Waals surface area contributed by atoms with Crippen LogP contribution in [-0.2, 0) is 16.1 Å². The largest absolute Gasteiger partial charge is 0.375 e. The molecule has 1 aliphatic heterocycles. The third kappa shape index (κ3) is 6.92. The molecule has 0 bridgehead atoms. The maximum Gasteiger partial charge on any atom is 0.239 e. The van der Waals surface area contributed by atoms with Crippen molar-refractivity contribution in [3.63, 3.8) is 0 Å². The van der Waals surface area contributed by atoms with Crippen LogP contribution in [0.15, 0.2) is 10.4 Å². The lowest BCUT2D eigenvalue weighted by atomic mass is 10.2. The third-order valence-electron chi connectivity index (χ3n) is 5.32. The number of methoxy groups -OCH3 is 1. The summed E-state index contributed by atoms with van der Waals surface area (Å²) in [5, 5.41) is 6.45. The van der Waals surface area contributed by atoms with Crippen molar-refractivity contribution in [3.05, 3.63) is 16.1 Å². The van der Waals surface area contributed by atoms with Gasteiger partial charge in [0.2, 0.25) is 5.91 Å². The highest BCUT2D eigenvalue weighted by Gasteiger charge is 2.30. The van der Waals surface area contributed by atoms with Gasteiger partial charge in [-0.1, -0.05) is 0 Å². The smallest absolute Gasteiger partial charge is 0.239 e. The molecule has 0 radical (unpaired) electrons. The van der Waals surface area contributed by atoms with E-state index in [4.69, 9.17) is 9.73 Å². The monoisotopic (exact) mass is 438 g/mol. The van der Waals surface area contributed by atoms with Crippen molar-refractivity contribution >= 4 is 23.2 Å². The van der Waals surface area contributed by atoms with Crippen LogP contribution in [0.3, 0.4) is 0 Å². The lowest BCUT2D eigenvalue weighted by Crippen LogP contribution is -2.43. The summed E-state index contributed by atoms with van der Waals surface area (Å²) in [7, 11) is 7.41. The van der Waals surface area contributed by atoms with Crippen LogP contribution < -0.4 is 5.32 Å². The number of carbonyl (C=O) groups is 1. The second kappa shape index (κ2) is 12.2. The van der Waals surface area contributed by atoms with Gasteiger partial charge in [-0.25, -0.2) is 4.98 Å². The number of likely N-dealkylation sites (N-methyl/N-ethyl adjacent to an activating group) is 1. The SMILES string of the molecule is CCNC(=NCCCN1CCCC1C(=O)N(C)C)N(C)Cc1csc(C(C)OC)n1. The van der Waals surface area contributed by atoms with Gasteiger partial charge in [-0.3, -0.25) is 14.7 Å². The number of rotatable bonds is 10. The van der Waals surface area contributed by atoms with E-state index in [1.165, 1.54) is 0 Å². The predicted molar refractivity (Wildman–Crippen MR) is 123 cm³/mol. The molecule has 1 aromatic rings. The molecule has 1 aliphatic rings. The number of aliphatic imine (C=N–C) groups is 1. The molecular formula is C21H38N6O2S. The second-order valence-corrected chi connectivity index (χ2v) is 8.82. The number of aromatic nitrogens is 1. The zero-order valence-electron chi connectivity index (χ0n) is 19.3. The Morgan fingerprint density at radius 2 is 2.23 bits per heavy atom. The molecule has 0 spiro atoms. The van der Waals surface area contributed by atoms with Crippen LogP contribution in [0, 0.1) is 0 Å². The van der Waals surface area contributed by atoms with Crippen LogP contribution in [0.5, 0.6) is 0 Å². The van der Waals surface area contributed by atoms with E-state index in [0.29, 0.717) is 6.54 Å². The van der Waals surface area contributed by atoms with Gasteiger partial charge < -0.3 is 19.9 Å². The van der Waals surface area contributed by atoms with Crippen molar-refractivity contribution in [1.82, 2.24) is 25.0 Å². The van der Waals surface area contributed by atoms with Crippen molar-refractivity contribution in [2.45, 2.75) is 51.8 Å². The Balaban J connectivity index is 1.87. The first-order valence-electron chi connectivity index (χ1n) is 10.8. The molecule has 2 unspecified atom stereocenters. The fourth-order valence-corrected chi connectivity index (χ4v) is 4.44. The summed E-state index contributed by atoms with van der Waals surface area (Å²) in [6.45, 7) is 8.24. The van der Waals surface area contributed by atoms with Gasteiger partial charge >= 0.3 is 0 Å². The molecule has 0 aliphatic carbocycles. The lowest BCUT2D eigenvalue weighted by Gasteiger charge is -2.26. The Bertz CT molecular complexity index is 693. The highest BCUT2D eigenvalue weighted by atomic mass is 32.1. The second-order valence-electron chi connectivity index (χ2n) is 7.93. The predicted octanol–water partition coefficient (Wildman–Crippen LogP) is 2.19. The number of ether oxygens (including phenoxy) is 1. The molecular weight excluding hydrogens is 400 g/mol. The van der Waals surface area contributed by atoms with Gasteiger partial charge in [-0.15, -0.1) is 11.3 Å². The summed E-state index contributed by atoms with van der Waals surface area (Å²) in [5.41, 5.74) is 1.02. The van der Waals surface area contributed by atoms with Crippen molar-refractivity contribution in [3.8, 4) is 0 Å². The van der Waals surface area contributed by atoms with Gasteiger partial charge in [-0.05, 0) is 39.7 Å². The Morgan fingerprint density at radius 3 is 2.90 bits per heavy atom. The highest BCUT2D eigenvalue weighted by Crippen LogP contribution is 2.21. The Hall–Kier alpha value is -1.71. The Labute approximate surface area is 185 Å². The Kier molecular flexibility index (Phi) is 10.0. The average molecular weight is 439 g/mol. The van der Waals surface area contributed by atoms with Crippen molar-refractivity contribution in [2.75, 3.05) is 54.4 Å². The maximum absolute atomic E-state index is 12.3. The summed E-state index contributed by atoms with van der Waals surface area (Å²) in [5.74, 6) is 1.10. The summed E-state index contributed by atoms with van der Waals surface area (Å²) in [6.07, 6.45) is 3.01. The minimum atomic E-state index is 0.0183. The van der Waals surface area contributed by atoms with Crippen LogP contribution in [0.1, 0.15) is 49.9 Å². The summed E-state index contributed by atoms with van der Waals surface area (Å²) >= 11 is 1.63. The molecule has 1 amide bonds. The van der Waals surface area contributed by atoms with Crippen molar-refractivity contribution < 1.29 is 9.53 Å². The minimum absolute atomic E-state index is 0.0183. The quantitative estimate of drug-likeness (QED) is 0.343. The molecule has 1 N–H and O–H groups in total. The fourth-order valence-electron chi connectivity index (χ4n) is 3.60. The van der Waals surface area contributed by atoms with Gasteiger partial charge in [-0.2, -0.15) is 0 Å². The van der Waals surface area contributed by atoms with Gasteiger partial charge in [0.1, 0.15) is 11.1 Å². The summed E-state index contributed by atoms with van der Waals surface area (Å²) in [6, 6.07) is 0.0354. The number of likely N-dealkylation sites (tertiary alicyclic amines) is 1.